The molecule has 1 N–H and O–H groups in total. The van der Waals surface area contributed by atoms with Crippen molar-refractivity contribution in [3.63, 3.8) is 0 Å². The van der Waals surface area contributed by atoms with Crippen LogP contribution in [0.4, 0.5) is 4.39 Å². The van der Waals surface area contributed by atoms with E-state index in [9.17, 15) is 14.3 Å². The molecule has 0 spiro atoms. The third kappa shape index (κ3) is 3.47. The highest BCUT2D eigenvalue weighted by atomic mass is 19.1. The number of carbonyl (C=O) groups excluding carboxylic acids is 1. The van der Waals surface area contributed by atoms with Gasteiger partial charge in [-0.15, -0.1) is 0 Å². The lowest BCUT2D eigenvalue weighted by atomic mass is 9.63. The van der Waals surface area contributed by atoms with E-state index >= 15 is 0 Å². The summed E-state index contributed by atoms with van der Waals surface area (Å²) >= 11 is 0. The molecule has 0 atom stereocenters. The van der Waals surface area contributed by atoms with Crippen LogP contribution in [0.5, 0.6) is 0 Å². The van der Waals surface area contributed by atoms with Gasteiger partial charge in [-0.2, -0.15) is 0 Å². The van der Waals surface area contributed by atoms with Gasteiger partial charge in [0.2, 0.25) is 5.91 Å². The van der Waals surface area contributed by atoms with Crippen molar-refractivity contribution >= 4 is 5.91 Å². The van der Waals surface area contributed by atoms with Gasteiger partial charge in [0.1, 0.15) is 5.82 Å². The Balaban J connectivity index is 1.67. The average Bonchev–Trinajstić information content (AvgIpc) is 2.47. The molecule has 1 amide bonds. The van der Waals surface area contributed by atoms with Gasteiger partial charge in [0.05, 0.1) is 11.0 Å². The number of piperazine rings is 1. The summed E-state index contributed by atoms with van der Waals surface area (Å²) in [7, 11) is 0. The molecule has 3 rings (SSSR count). The van der Waals surface area contributed by atoms with Crippen molar-refractivity contribution in [3.8, 4) is 0 Å². The molecular weight excluding hydrogens is 307 g/mol. The van der Waals surface area contributed by atoms with Crippen molar-refractivity contribution in [2.24, 2.45) is 0 Å². The predicted octanol–water partition coefficient (Wildman–Crippen LogP) is 2.16. The second-order valence-corrected chi connectivity index (χ2v) is 7.82. The molecule has 2 aliphatic rings. The summed E-state index contributed by atoms with van der Waals surface area (Å²) in [5, 5.41) is 9.94. The Morgan fingerprint density at radius 2 is 1.75 bits per heavy atom. The van der Waals surface area contributed by atoms with Gasteiger partial charge < -0.3 is 10.0 Å². The fourth-order valence-corrected chi connectivity index (χ4v) is 3.88. The maximum atomic E-state index is 13.2. The van der Waals surface area contributed by atoms with Crippen molar-refractivity contribution in [3.05, 3.63) is 35.6 Å². The minimum atomic E-state index is -0.713. The topological polar surface area (TPSA) is 43.8 Å². The van der Waals surface area contributed by atoms with E-state index in [1.54, 1.807) is 12.1 Å². The van der Waals surface area contributed by atoms with Gasteiger partial charge >= 0.3 is 0 Å². The summed E-state index contributed by atoms with van der Waals surface area (Å²) in [6, 6.07) is 6.42. The molecule has 4 nitrogen and oxygen atoms in total. The van der Waals surface area contributed by atoms with E-state index in [2.05, 4.69) is 4.90 Å². The first-order chi connectivity index (χ1) is 11.3. The maximum absolute atomic E-state index is 13.2. The normalized spacial score (nSPS) is 21.4. The van der Waals surface area contributed by atoms with E-state index in [0.717, 1.165) is 37.9 Å². The fraction of sp³-hybridized carbons (Fsp3) is 0.632. The fourth-order valence-electron chi connectivity index (χ4n) is 3.88. The predicted molar refractivity (Wildman–Crippen MR) is 91.2 cm³/mol. The van der Waals surface area contributed by atoms with Crippen LogP contribution in [0.2, 0.25) is 0 Å². The molecule has 1 heterocycles. The highest BCUT2D eigenvalue weighted by Crippen LogP contribution is 2.45. The third-order valence-electron chi connectivity index (χ3n) is 5.28. The Bertz CT molecular complexity index is 582. The second kappa shape index (κ2) is 6.45. The Morgan fingerprint density at radius 3 is 2.21 bits per heavy atom. The lowest BCUT2D eigenvalue weighted by Crippen LogP contribution is -2.57. The molecule has 1 aromatic carbocycles. The number of halogens is 1. The van der Waals surface area contributed by atoms with Gasteiger partial charge in [-0.3, -0.25) is 9.69 Å². The van der Waals surface area contributed by atoms with Gasteiger partial charge in [0, 0.05) is 32.7 Å². The minimum absolute atomic E-state index is 0.184. The highest BCUT2D eigenvalue weighted by Gasteiger charge is 2.48. The van der Waals surface area contributed by atoms with Crippen LogP contribution >= 0.6 is 0 Å². The molecular formula is C19H27FN2O2. The van der Waals surface area contributed by atoms with E-state index in [1.807, 2.05) is 18.7 Å². The number of rotatable bonds is 4. The van der Waals surface area contributed by atoms with Gasteiger partial charge in [-0.05, 0) is 44.4 Å². The first-order valence-electron chi connectivity index (χ1n) is 8.80. The summed E-state index contributed by atoms with van der Waals surface area (Å²) in [5.41, 5.74) is -0.221. The molecule has 0 bridgehead atoms. The summed E-state index contributed by atoms with van der Waals surface area (Å²) in [5.74, 6) is -0.0795. The molecule has 0 unspecified atom stereocenters. The van der Waals surface area contributed by atoms with Crippen LogP contribution in [0.3, 0.4) is 0 Å². The summed E-state index contributed by atoms with van der Waals surface area (Å²) in [6.45, 7) is 7.20. The molecule has 5 heteroatoms. The quantitative estimate of drug-likeness (QED) is 0.918. The number of amides is 1. The molecule has 1 saturated heterocycles. The van der Waals surface area contributed by atoms with Crippen molar-refractivity contribution in [2.45, 2.75) is 44.1 Å². The molecule has 1 aliphatic heterocycles. The Labute approximate surface area is 143 Å². The number of carbonyl (C=O) groups is 1. The Hall–Kier alpha value is -1.46. The molecule has 2 fully saturated rings. The molecule has 24 heavy (non-hydrogen) atoms. The molecule has 0 aromatic heterocycles. The monoisotopic (exact) mass is 334 g/mol. The second-order valence-electron chi connectivity index (χ2n) is 7.82. The molecule has 1 saturated carbocycles. The van der Waals surface area contributed by atoms with E-state index in [0.29, 0.717) is 19.6 Å². The first-order valence-corrected chi connectivity index (χ1v) is 8.80. The summed E-state index contributed by atoms with van der Waals surface area (Å²) < 4.78 is 13.2. The Kier molecular flexibility index (Phi) is 4.67. The van der Waals surface area contributed by atoms with Crippen LogP contribution in [0.1, 0.15) is 38.7 Å². The van der Waals surface area contributed by atoms with Crippen LogP contribution in [-0.4, -0.2) is 59.1 Å². The van der Waals surface area contributed by atoms with Crippen LogP contribution in [0, 0.1) is 5.82 Å². The van der Waals surface area contributed by atoms with Crippen LogP contribution in [-0.2, 0) is 10.2 Å². The van der Waals surface area contributed by atoms with Crippen molar-refractivity contribution in [1.29, 1.82) is 0 Å². The van der Waals surface area contributed by atoms with Gasteiger partial charge in [0.25, 0.3) is 0 Å². The molecule has 0 radical (unpaired) electrons. The van der Waals surface area contributed by atoms with Gasteiger partial charge in [-0.1, -0.05) is 18.6 Å². The number of hydrogen-bond donors (Lipinski definition) is 1. The number of nitrogens with zero attached hydrogens (tertiary/aromatic N) is 2. The molecule has 1 aliphatic carbocycles. The van der Waals surface area contributed by atoms with Gasteiger partial charge in [0.15, 0.2) is 0 Å². The maximum Gasteiger partial charge on any atom is 0.233 e. The summed E-state index contributed by atoms with van der Waals surface area (Å²) in [6.07, 6.45) is 2.74. The summed E-state index contributed by atoms with van der Waals surface area (Å²) in [4.78, 5) is 17.3. The lowest BCUT2D eigenvalue weighted by molar-refractivity contribution is -0.143. The van der Waals surface area contributed by atoms with Crippen molar-refractivity contribution < 1.29 is 14.3 Å². The zero-order valence-corrected chi connectivity index (χ0v) is 14.6. The van der Waals surface area contributed by atoms with Crippen LogP contribution < -0.4 is 0 Å². The van der Waals surface area contributed by atoms with Gasteiger partial charge in [-0.25, -0.2) is 4.39 Å². The van der Waals surface area contributed by atoms with Crippen molar-refractivity contribution in [1.82, 2.24) is 9.80 Å². The SMILES string of the molecule is CC(C)(O)CN1CCN(C(=O)C2(c3ccc(F)cc3)CCC2)CC1. The standard InChI is InChI=1S/C19H27FN2O2/c1-18(2,24)14-21-10-12-22(13-11-21)17(23)19(8-3-9-19)15-4-6-16(20)7-5-15/h4-7,24H,3,8-14H2,1-2H3. The first kappa shape index (κ1) is 17.4. The number of β-amino-alcohol motifs (C(OH)–C–C–N with tert-alkyl or cyclic N) is 1. The van der Waals surface area contributed by atoms with E-state index < -0.39 is 11.0 Å². The van der Waals surface area contributed by atoms with E-state index in [1.165, 1.54) is 12.1 Å². The molecule has 1 aromatic rings. The Morgan fingerprint density at radius 1 is 1.17 bits per heavy atom. The minimum Gasteiger partial charge on any atom is -0.389 e. The highest BCUT2D eigenvalue weighted by molar-refractivity contribution is 5.89. The average molecular weight is 334 g/mol. The number of benzene rings is 1. The largest absolute Gasteiger partial charge is 0.389 e. The zero-order valence-electron chi connectivity index (χ0n) is 14.6. The lowest BCUT2D eigenvalue weighted by Gasteiger charge is -2.46. The van der Waals surface area contributed by atoms with E-state index in [-0.39, 0.29) is 11.7 Å². The van der Waals surface area contributed by atoms with Crippen LogP contribution in [0.15, 0.2) is 24.3 Å². The van der Waals surface area contributed by atoms with Crippen molar-refractivity contribution in [2.75, 3.05) is 32.7 Å². The zero-order chi connectivity index (χ0) is 17.4. The van der Waals surface area contributed by atoms with Crippen LogP contribution in [0.25, 0.3) is 0 Å². The number of aliphatic hydroxyl groups is 1. The number of hydrogen-bond acceptors (Lipinski definition) is 3. The smallest absolute Gasteiger partial charge is 0.233 e. The molecule has 132 valence electrons. The third-order valence-corrected chi connectivity index (χ3v) is 5.28. The van der Waals surface area contributed by atoms with E-state index in [4.69, 9.17) is 0 Å².